The largest absolute Gasteiger partial charge is 0.508 e. The molecule has 0 heterocycles. The molecule has 1 aromatic carbocycles. The molecule has 0 fully saturated rings. The Morgan fingerprint density at radius 1 is 1.36 bits per heavy atom. The Morgan fingerprint density at radius 2 is 2.07 bits per heavy atom. The molecule has 0 aliphatic rings. The molecule has 0 spiro atoms. The topological polar surface area (TPSA) is 57.5 Å². The molecular formula is C11H14O3. The minimum Gasteiger partial charge on any atom is -0.508 e. The lowest BCUT2D eigenvalue weighted by atomic mass is 10.0. The van der Waals surface area contributed by atoms with E-state index in [4.69, 9.17) is 5.11 Å². The molecule has 0 saturated heterocycles. The first-order chi connectivity index (χ1) is 6.63. The standard InChI is InChI=1S/C11H14O3/c1-2-3-4-8-5-9(11(13)14)7-10(12)6-8/h5-7,12H,2-4H2,1H3,(H,13,14). The molecule has 0 bridgehead atoms. The number of hydrogen-bond donors (Lipinski definition) is 2. The van der Waals surface area contributed by atoms with Gasteiger partial charge in [0, 0.05) is 0 Å². The highest BCUT2D eigenvalue weighted by atomic mass is 16.4. The maximum atomic E-state index is 10.7. The van der Waals surface area contributed by atoms with Gasteiger partial charge < -0.3 is 10.2 Å². The Labute approximate surface area is 83.0 Å². The van der Waals surface area contributed by atoms with Crippen molar-refractivity contribution in [3.8, 4) is 5.75 Å². The zero-order chi connectivity index (χ0) is 10.6. The predicted octanol–water partition coefficient (Wildman–Crippen LogP) is 2.43. The van der Waals surface area contributed by atoms with Gasteiger partial charge in [0.2, 0.25) is 0 Å². The zero-order valence-electron chi connectivity index (χ0n) is 8.16. The van der Waals surface area contributed by atoms with Gasteiger partial charge in [-0.05, 0) is 36.6 Å². The lowest BCUT2D eigenvalue weighted by Gasteiger charge is -2.03. The monoisotopic (exact) mass is 194 g/mol. The van der Waals surface area contributed by atoms with Crippen LogP contribution in [-0.4, -0.2) is 16.2 Å². The van der Waals surface area contributed by atoms with Crippen molar-refractivity contribution in [1.82, 2.24) is 0 Å². The second-order valence-corrected chi connectivity index (χ2v) is 3.30. The third-order valence-corrected chi connectivity index (χ3v) is 2.04. The van der Waals surface area contributed by atoms with Crippen molar-refractivity contribution in [2.75, 3.05) is 0 Å². The maximum absolute atomic E-state index is 10.7. The molecule has 14 heavy (non-hydrogen) atoms. The van der Waals surface area contributed by atoms with Crippen molar-refractivity contribution in [1.29, 1.82) is 0 Å². The molecule has 0 atom stereocenters. The van der Waals surface area contributed by atoms with E-state index in [1.807, 2.05) is 0 Å². The average molecular weight is 194 g/mol. The summed E-state index contributed by atoms with van der Waals surface area (Å²) in [5.74, 6) is -0.977. The van der Waals surface area contributed by atoms with Crippen LogP contribution in [0.15, 0.2) is 18.2 Å². The molecule has 0 aromatic heterocycles. The fourth-order valence-corrected chi connectivity index (χ4v) is 1.32. The van der Waals surface area contributed by atoms with E-state index in [9.17, 15) is 9.90 Å². The maximum Gasteiger partial charge on any atom is 0.335 e. The lowest BCUT2D eigenvalue weighted by molar-refractivity contribution is 0.0696. The van der Waals surface area contributed by atoms with E-state index in [1.165, 1.54) is 6.07 Å². The van der Waals surface area contributed by atoms with Crippen LogP contribution in [0.25, 0.3) is 0 Å². The van der Waals surface area contributed by atoms with Crippen molar-refractivity contribution < 1.29 is 15.0 Å². The van der Waals surface area contributed by atoms with Gasteiger partial charge >= 0.3 is 5.97 Å². The Balaban J connectivity index is 2.89. The number of carboxylic acids is 1. The average Bonchev–Trinajstić information content (AvgIpc) is 2.14. The number of aromatic hydroxyl groups is 1. The van der Waals surface area contributed by atoms with Crippen molar-refractivity contribution >= 4 is 5.97 Å². The summed E-state index contributed by atoms with van der Waals surface area (Å²) in [6.07, 6.45) is 2.87. The number of benzene rings is 1. The first-order valence-corrected chi connectivity index (χ1v) is 4.69. The van der Waals surface area contributed by atoms with Gasteiger partial charge in [0.25, 0.3) is 0 Å². The number of phenolic OH excluding ortho intramolecular Hbond substituents is 1. The van der Waals surface area contributed by atoms with Crippen LogP contribution in [0.1, 0.15) is 35.7 Å². The fraction of sp³-hybridized carbons (Fsp3) is 0.364. The summed E-state index contributed by atoms with van der Waals surface area (Å²) in [7, 11) is 0. The summed E-state index contributed by atoms with van der Waals surface area (Å²) in [6.45, 7) is 2.07. The molecule has 0 saturated carbocycles. The van der Waals surface area contributed by atoms with E-state index in [0.29, 0.717) is 0 Å². The molecule has 3 heteroatoms. The Bertz CT molecular complexity index is 331. The van der Waals surface area contributed by atoms with E-state index in [1.54, 1.807) is 12.1 Å². The van der Waals surface area contributed by atoms with Gasteiger partial charge in [0.05, 0.1) is 5.56 Å². The summed E-state index contributed by atoms with van der Waals surface area (Å²) in [5.41, 5.74) is 1.03. The molecule has 0 amide bonds. The SMILES string of the molecule is CCCCc1cc(O)cc(C(=O)O)c1. The summed E-state index contributed by atoms with van der Waals surface area (Å²) in [6, 6.07) is 4.48. The fourth-order valence-electron chi connectivity index (χ4n) is 1.32. The van der Waals surface area contributed by atoms with Gasteiger partial charge in [0.1, 0.15) is 5.75 Å². The summed E-state index contributed by atoms with van der Waals surface area (Å²) in [4.78, 5) is 10.7. The Kier molecular flexibility index (Phi) is 3.51. The minimum absolute atomic E-state index is 0.0241. The Hall–Kier alpha value is -1.51. The number of hydrogen-bond acceptors (Lipinski definition) is 2. The quantitative estimate of drug-likeness (QED) is 0.773. The van der Waals surface area contributed by atoms with Gasteiger partial charge in [0.15, 0.2) is 0 Å². The molecule has 3 nitrogen and oxygen atoms in total. The van der Waals surface area contributed by atoms with E-state index >= 15 is 0 Å². The summed E-state index contributed by atoms with van der Waals surface area (Å²) < 4.78 is 0. The van der Waals surface area contributed by atoms with Crippen LogP contribution >= 0.6 is 0 Å². The molecule has 0 unspecified atom stereocenters. The summed E-state index contributed by atoms with van der Waals surface area (Å²) >= 11 is 0. The molecule has 0 aliphatic carbocycles. The van der Waals surface area contributed by atoms with Gasteiger partial charge in [-0.3, -0.25) is 0 Å². The third kappa shape index (κ3) is 2.76. The number of rotatable bonds is 4. The number of carbonyl (C=O) groups is 1. The van der Waals surface area contributed by atoms with Crippen molar-refractivity contribution in [2.24, 2.45) is 0 Å². The highest BCUT2D eigenvalue weighted by molar-refractivity contribution is 5.88. The normalized spacial score (nSPS) is 10.1. The highest BCUT2D eigenvalue weighted by Gasteiger charge is 2.05. The zero-order valence-corrected chi connectivity index (χ0v) is 8.16. The van der Waals surface area contributed by atoms with E-state index in [-0.39, 0.29) is 11.3 Å². The molecule has 0 radical (unpaired) electrons. The molecule has 76 valence electrons. The molecule has 1 rings (SSSR count). The van der Waals surface area contributed by atoms with Crippen LogP contribution < -0.4 is 0 Å². The van der Waals surface area contributed by atoms with Gasteiger partial charge in [-0.2, -0.15) is 0 Å². The first kappa shape index (κ1) is 10.6. The molecule has 2 N–H and O–H groups in total. The van der Waals surface area contributed by atoms with Crippen LogP contribution in [0, 0.1) is 0 Å². The van der Waals surface area contributed by atoms with Crippen LogP contribution in [0.2, 0.25) is 0 Å². The number of phenols is 1. The second-order valence-electron chi connectivity index (χ2n) is 3.30. The molecular weight excluding hydrogens is 180 g/mol. The molecule has 1 aromatic rings. The number of unbranched alkanes of at least 4 members (excludes halogenated alkanes) is 1. The number of aryl methyl sites for hydroxylation is 1. The summed E-state index contributed by atoms with van der Waals surface area (Å²) in [5, 5.41) is 18.0. The third-order valence-electron chi connectivity index (χ3n) is 2.04. The predicted molar refractivity (Wildman–Crippen MR) is 53.7 cm³/mol. The van der Waals surface area contributed by atoms with E-state index < -0.39 is 5.97 Å². The Morgan fingerprint density at radius 3 is 2.64 bits per heavy atom. The van der Waals surface area contributed by atoms with E-state index in [0.717, 1.165) is 24.8 Å². The van der Waals surface area contributed by atoms with E-state index in [2.05, 4.69) is 6.92 Å². The smallest absolute Gasteiger partial charge is 0.335 e. The van der Waals surface area contributed by atoms with Crippen LogP contribution in [0.3, 0.4) is 0 Å². The number of aromatic carboxylic acids is 1. The highest BCUT2D eigenvalue weighted by Crippen LogP contribution is 2.17. The van der Waals surface area contributed by atoms with Crippen LogP contribution in [-0.2, 0) is 6.42 Å². The minimum atomic E-state index is -1.00. The number of carboxylic acid groups (broad SMARTS) is 1. The molecule has 0 aliphatic heterocycles. The lowest BCUT2D eigenvalue weighted by Crippen LogP contribution is -1.97. The first-order valence-electron chi connectivity index (χ1n) is 4.69. The van der Waals surface area contributed by atoms with Crippen molar-refractivity contribution in [3.63, 3.8) is 0 Å². The van der Waals surface area contributed by atoms with Crippen LogP contribution in [0.5, 0.6) is 5.75 Å². The second kappa shape index (κ2) is 4.65. The van der Waals surface area contributed by atoms with Gasteiger partial charge in [-0.1, -0.05) is 13.3 Å². The van der Waals surface area contributed by atoms with Gasteiger partial charge in [-0.15, -0.1) is 0 Å². The van der Waals surface area contributed by atoms with Crippen LogP contribution in [0.4, 0.5) is 0 Å². The van der Waals surface area contributed by atoms with Crippen molar-refractivity contribution in [2.45, 2.75) is 26.2 Å². The van der Waals surface area contributed by atoms with Gasteiger partial charge in [-0.25, -0.2) is 4.79 Å². The van der Waals surface area contributed by atoms with Crippen molar-refractivity contribution in [3.05, 3.63) is 29.3 Å².